The normalized spacial score (nSPS) is 11.2. The van der Waals surface area contributed by atoms with Gasteiger partial charge in [0.1, 0.15) is 6.54 Å². The standard InChI is InChI=1S/C23H22ClN3O5S/c1-15-4-8-19(12-17(15)3)26(33(31,32)21-10-6-18(24)7-11-21)14-23(28)25-22-13-20(27(29)30)9-5-16(22)2/h4-13H,14H2,1-3H3,(H,25,28). The SMILES string of the molecule is Cc1ccc(N(CC(=O)Nc2cc([N+](=O)[O-])ccc2C)S(=O)(=O)c2ccc(Cl)cc2)cc1C. The topological polar surface area (TPSA) is 110 Å². The van der Waals surface area contributed by atoms with Gasteiger partial charge < -0.3 is 5.32 Å². The number of non-ortho nitro benzene ring substituents is 1. The summed E-state index contributed by atoms with van der Waals surface area (Å²) in [6.07, 6.45) is 0. The maximum absolute atomic E-state index is 13.5. The average molecular weight is 488 g/mol. The number of nitrogens with one attached hydrogen (secondary N) is 1. The van der Waals surface area contributed by atoms with E-state index in [0.29, 0.717) is 16.3 Å². The van der Waals surface area contributed by atoms with Crippen LogP contribution in [-0.2, 0) is 14.8 Å². The van der Waals surface area contributed by atoms with Gasteiger partial charge in [-0.1, -0.05) is 23.7 Å². The van der Waals surface area contributed by atoms with Gasteiger partial charge in [-0.25, -0.2) is 8.42 Å². The molecule has 0 heterocycles. The Morgan fingerprint density at radius 3 is 2.21 bits per heavy atom. The summed E-state index contributed by atoms with van der Waals surface area (Å²) in [6, 6.07) is 14.8. The van der Waals surface area contributed by atoms with E-state index < -0.39 is 27.4 Å². The molecule has 10 heteroatoms. The second kappa shape index (κ2) is 9.60. The highest BCUT2D eigenvalue weighted by atomic mass is 35.5. The molecule has 172 valence electrons. The molecule has 0 radical (unpaired) electrons. The minimum Gasteiger partial charge on any atom is -0.324 e. The van der Waals surface area contributed by atoms with Crippen molar-refractivity contribution < 1.29 is 18.1 Å². The second-order valence-corrected chi connectivity index (χ2v) is 9.84. The van der Waals surface area contributed by atoms with E-state index in [1.807, 2.05) is 13.8 Å². The number of benzene rings is 3. The van der Waals surface area contributed by atoms with Crippen LogP contribution in [0.3, 0.4) is 0 Å². The monoisotopic (exact) mass is 487 g/mol. The van der Waals surface area contributed by atoms with Gasteiger partial charge in [-0.15, -0.1) is 0 Å². The number of carbonyl (C=O) groups is 1. The van der Waals surface area contributed by atoms with Crippen LogP contribution in [0, 0.1) is 30.9 Å². The van der Waals surface area contributed by atoms with Crippen LogP contribution >= 0.6 is 11.6 Å². The van der Waals surface area contributed by atoms with Gasteiger partial charge >= 0.3 is 0 Å². The molecule has 3 aromatic rings. The molecule has 1 N–H and O–H groups in total. The van der Waals surface area contributed by atoms with Gasteiger partial charge in [0, 0.05) is 17.2 Å². The van der Waals surface area contributed by atoms with Gasteiger partial charge in [0.15, 0.2) is 0 Å². The molecule has 0 saturated heterocycles. The number of hydrogen-bond donors (Lipinski definition) is 1. The van der Waals surface area contributed by atoms with Crippen molar-refractivity contribution in [1.29, 1.82) is 0 Å². The molecule has 0 atom stereocenters. The van der Waals surface area contributed by atoms with E-state index in [4.69, 9.17) is 11.6 Å². The number of halogens is 1. The molecule has 0 fully saturated rings. The maximum Gasteiger partial charge on any atom is 0.271 e. The summed E-state index contributed by atoms with van der Waals surface area (Å²) < 4.78 is 27.9. The van der Waals surface area contributed by atoms with Crippen LogP contribution in [0.1, 0.15) is 16.7 Å². The Labute approximate surface area is 197 Å². The maximum atomic E-state index is 13.5. The van der Waals surface area contributed by atoms with E-state index in [2.05, 4.69) is 5.32 Å². The summed E-state index contributed by atoms with van der Waals surface area (Å²) in [6.45, 7) is 4.90. The van der Waals surface area contributed by atoms with Crippen LogP contribution < -0.4 is 9.62 Å². The third-order valence-corrected chi connectivity index (χ3v) is 7.21. The molecule has 0 aromatic heterocycles. The molecule has 8 nitrogen and oxygen atoms in total. The molecule has 3 aromatic carbocycles. The van der Waals surface area contributed by atoms with Crippen molar-refractivity contribution in [2.24, 2.45) is 0 Å². The molecule has 3 rings (SSSR count). The van der Waals surface area contributed by atoms with Crippen molar-refractivity contribution in [3.63, 3.8) is 0 Å². The lowest BCUT2D eigenvalue weighted by Crippen LogP contribution is -2.38. The van der Waals surface area contributed by atoms with Crippen molar-refractivity contribution in [3.8, 4) is 0 Å². The van der Waals surface area contributed by atoms with Crippen LogP contribution in [0.2, 0.25) is 5.02 Å². The number of aryl methyl sites for hydroxylation is 3. The smallest absolute Gasteiger partial charge is 0.271 e. The van der Waals surface area contributed by atoms with E-state index in [1.165, 1.54) is 42.5 Å². The predicted molar refractivity (Wildman–Crippen MR) is 128 cm³/mol. The number of nitrogens with zero attached hydrogens (tertiary/aromatic N) is 2. The predicted octanol–water partition coefficient (Wildman–Crippen LogP) is 5.01. The summed E-state index contributed by atoms with van der Waals surface area (Å²) in [7, 11) is -4.11. The van der Waals surface area contributed by atoms with Gasteiger partial charge in [-0.05, 0) is 73.9 Å². The Kier molecular flexibility index (Phi) is 7.04. The minimum atomic E-state index is -4.11. The van der Waals surface area contributed by atoms with Gasteiger partial charge in [0.05, 0.1) is 21.2 Å². The van der Waals surface area contributed by atoms with E-state index in [0.717, 1.165) is 15.4 Å². The Morgan fingerprint density at radius 1 is 0.970 bits per heavy atom. The minimum absolute atomic E-state index is 0.0237. The highest BCUT2D eigenvalue weighted by Gasteiger charge is 2.28. The highest BCUT2D eigenvalue weighted by Crippen LogP contribution is 2.27. The van der Waals surface area contributed by atoms with E-state index in [-0.39, 0.29) is 16.3 Å². The van der Waals surface area contributed by atoms with Crippen molar-refractivity contribution in [2.45, 2.75) is 25.7 Å². The first-order valence-electron chi connectivity index (χ1n) is 9.89. The Bertz CT molecular complexity index is 1320. The molecule has 33 heavy (non-hydrogen) atoms. The van der Waals surface area contributed by atoms with Gasteiger partial charge in [-0.3, -0.25) is 19.2 Å². The average Bonchev–Trinajstić information content (AvgIpc) is 2.75. The highest BCUT2D eigenvalue weighted by molar-refractivity contribution is 7.92. The van der Waals surface area contributed by atoms with E-state index in [1.54, 1.807) is 25.1 Å². The number of nitro benzene ring substituents is 1. The number of sulfonamides is 1. The fourth-order valence-electron chi connectivity index (χ4n) is 3.11. The zero-order valence-corrected chi connectivity index (χ0v) is 19.8. The Hall–Kier alpha value is -3.43. The molecule has 0 aliphatic rings. The lowest BCUT2D eigenvalue weighted by molar-refractivity contribution is -0.384. The third kappa shape index (κ3) is 5.50. The summed E-state index contributed by atoms with van der Waals surface area (Å²) in [4.78, 5) is 23.4. The van der Waals surface area contributed by atoms with Crippen LogP contribution in [0.15, 0.2) is 65.6 Å². The number of carbonyl (C=O) groups excluding carboxylic acids is 1. The Balaban J connectivity index is 1.99. The van der Waals surface area contributed by atoms with Crippen molar-refractivity contribution in [2.75, 3.05) is 16.2 Å². The molecule has 0 bridgehead atoms. The number of anilines is 2. The van der Waals surface area contributed by atoms with Crippen LogP contribution in [-0.4, -0.2) is 25.8 Å². The molecule has 0 unspecified atom stereocenters. The number of amides is 1. The molecule has 0 aliphatic heterocycles. The first-order chi connectivity index (χ1) is 15.5. The first-order valence-corrected chi connectivity index (χ1v) is 11.7. The van der Waals surface area contributed by atoms with E-state index in [9.17, 15) is 23.3 Å². The number of rotatable bonds is 7. The molecular weight excluding hydrogens is 466 g/mol. The molecule has 0 aliphatic carbocycles. The fraction of sp³-hybridized carbons (Fsp3) is 0.174. The van der Waals surface area contributed by atoms with Gasteiger partial charge in [0.25, 0.3) is 15.7 Å². The summed E-state index contributed by atoms with van der Waals surface area (Å²) in [5.41, 5.74) is 2.80. The number of hydrogen-bond acceptors (Lipinski definition) is 5. The zero-order valence-electron chi connectivity index (χ0n) is 18.2. The van der Waals surface area contributed by atoms with Crippen LogP contribution in [0.5, 0.6) is 0 Å². The summed E-state index contributed by atoms with van der Waals surface area (Å²) >= 11 is 5.90. The first kappa shape index (κ1) is 24.2. The molecule has 1 amide bonds. The third-order valence-electron chi connectivity index (χ3n) is 5.17. The molecule has 0 saturated carbocycles. The summed E-state index contributed by atoms with van der Waals surface area (Å²) in [5, 5.41) is 14.1. The van der Waals surface area contributed by atoms with Crippen LogP contribution in [0.25, 0.3) is 0 Å². The van der Waals surface area contributed by atoms with E-state index >= 15 is 0 Å². The van der Waals surface area contributed by atoms with Crippen molar-refractivity contribution >= 4 is 44.6 Å². The van der Waals surface area contributed by atoms with Gasteiger partial charge in [0.2, 0.25) is 5.91 Å². The fourth-order valence-corrected chi connectivity index (χ4v) is 4.65. The number of nitro groups is 1. The van der Waals surface area contributed by atoms with Crippen molar-refractivity contribution in [1.82, 2.24) is 0 Å². The van der Waals surface area contributed by atoms with Crippen molar-refractivity contribution in [3.05, 3.63) is 92.5 Å². The zero-order chi connectivity index (χ0) is 24.3. The quantitative estimate of drug-likeness (QED) is 0.372. The Morgan fingerprint density at radius 2 is 1.61 bits per heavy atom. The van der Waals surface area contributed by atoms with Gasteiger partial charge in [-0.2, -0.15) is 0 Å². The largest absolute Gasteiger partial charge is 0.324 e. The lowest BCUT2D eigenvalue weighted by atomic mass is 10.1. The van der Waals surface area contributed by atoms with Crippen LogP contribution in [0.4, 0.5) is 17.1 Å². The summed E-state index contributed by atoms with van der Waals surface area (Å²) in [5.74, 6) is -0.644. The molecule has 0 spiro atoms. The second-order valence-electron chi connectivity index (χ2n) is 7.54. The lowest BCUT2D eigenvalue weighted by Gasteiger charge is -2.25. The molecular formula is C23H22ClN3O5S.